The second-order valence-electron chi connectivity index (χ2n) is 3.50. The fourth-order valence-electron chi connectivity index (χ4n) is 1.78. The number of hydrogen-bond acceptors (Lipinski definition) is 3. The zero-order valence-electron chi connectivity index (χ0n) is 8.32. The minimum absolute atomic E-state index is 0.0225. The van der Waals surface area contributed by atoms with Gasteiger partial charge in [-0.15, -0.1) is 11.3 Å². The van der Waals surface area contributed by atoms with Crippen LogP contribution in [-0.2, 0) is 11.2 Å². The van der Waals surface area contributed by atoms with E-state index < -0.39 is 5.97 Å². The number of rotatable bonds is 1. The van der Waals surface area contributed by atoms with Crippen LogP contribution in [0.5, 0.6) is 0 Å². The standard InChI is InChI=1S/C10H11NO3S/c1-6(12)11-4-2-3-8-7(11)5-9(15-8)10(13)14/h5H,2-4H2,1H3,(H,13,14). The third kappa shape index (κ3) is 1.74. The molecule has 0 saturated carbocycles. The van der Waals surface area contributed by atoms with E-state index in [9.17, 15) is 9.59 Å². The van der Waals surface area contributed by atoms with E-state index in [4.69, 9.17) is 5.11 Å². The first-order chi connectivity index (χ1) is 7.09. The molecule has 1 N–H and O–H groups in total. The maximum Gasteiger partial charge on any atom is 0.345 e. The molecule has 0 aliphatic carbocycles. The monoisotopic (exact) mass is 225 g/mol. The highest BCUT2D eigenvalue weighted by Crippen LogP contribution is 2.34. The molecule has 5 heteroatoms. The van der Waals surface area contributed by atoms with Crippen molar-refractivity contribution in [2.45, 2.75) is 19.8 Å². The third-order valence-corrected chi connectivity index (χ3v) is 3.63. The minimum atomic E-state index is -0.919. The molecule has 80 valence electrons. The quantitative estimate of drug-likeness (QED) is 0.792. The van der Waals surface area contributed by atoms with Crippen LogP contribution < -0.4 is 4.90 Å². The van der Waals surface area contributed by atoms with Crippen molar-refractivity contribution in [2.75, 3.05) is 11.4 Å². The van der Waals surface area contributed by atoms with Crippen molar-refractivity contribution in [1.82, 2.24) is 0 Å². The summed E-state index contributed by atoms with van der Waals surface area (Å²) < 4.78 is 0. The van der Waals surface area contributed by atoms with Crippen LogP contribution in [0.3, 0.4) is 0 Å². The average molecular weight is 225 g/mol. The fourth-order valence-corrected chi connectivity index (χ4v) is 2.82. The summed E-state index contributed by atoms with van der Waals surface area (Å²) in [4.78, 5) is 25.1. The van der Waals surface area contributed by atoms with Gasteiger partial charge in [-0.3, -0.25) is 4.79 Å². The molecule has 1 amide bonds. The number of amides is 1. The Kier molecular flexibility index (Phi) is 2.48. The maximum atomic E-state index is 11.3. The summed E-state index contributed by atoms with van der Waals surface area (Å²) in [5.41, 5.74) is 0.788. The molecule has 0 saturated heterocycles. The average Bonchev–Trinajstić information content (AvgIpc) is 2.60. The molecule has 0 unspecified atom stereocenters. The minimum Gasteiger partial charge on any atom is -0.477 e. The molecular weight excluding hydrogens is 214 g/mol. The van der Waals surface area contributed by atoms with Crippen molar-refractivity contribution in [1.29, 1.82) is 0 Å². The lowest BCUT2D eigenvalue weighted by Crippen LogP contribution is -2.32. The van der Waals surface area contributed by atoms with Crippen molar-refractivity contribution in [3.8, 4) is 0 Å². The molecule has 15 heavy (non-hydrogen) atoms. The first kappa shape index (κ1) is 10.2. The third-order valence-electron chi connectivity index (χ3n) is 2.45. The van der Waals surface area contributed by atoms with Gasteiger partial charge in [0.1, 0.15) is 4.88 Å². The van der Waals surface area contributed by atoms with E-state index in [1.807, 2.05) is 0 Å². The molecule has 4 nitrogen and oxygen atoms in total. The molecule has 1 aromatic rings. The van der Waals surface area contributed by atoms with Gasteiger partial charge in [-0.05, 0) is 18.9 Å². The van der Waals surface area contributed by atoms with Crippen LogP contribution in [0.4, 0.5) is 5.69 Å². The molecule has 0 spiro atoms. The molecule has 1 aromatic heterocycles. The van der Waals surface area contributed by atoms with E-state index in [2.05, 4.69) is 0 Å². The van der Waals surface area contributed by atoms with Crippen LogP contribution in [-0.4, -0.2) is 23.5 Å². The van der Waals surface area contributed by atoms with Gasteiger partial charge in [0.25, 0.3) is 0 Å². The molecule has 0 fully saturated rings. The Hall–Kier alpha value is -1.36. The predicted octanol–water partition coefficient (Wildman–Crippen LogP) is 1.75. The van der Waals surface area contributed by atoms with Gasteiger partial charge in [0.15, 0.2) is 0 Å². The number of thiophene rings is 1. The highest BCUT2D eigenvalue weighted by atomic mass is 32.1. The highest BCUT2D eigenvalue weighted by Gasteiger charge is 2.24. The lowest BCUT2D eigenvalue weighted by atomic mass is 10.1. The van der Waals surface area contributed by atoms with Crippen LogP contribution in [0, 0.1) is 0 Å². The number of carbonyl (C=O) groups excluding carboxylic acids is 1. The summed E-state index contributed by atoms with van der Waals surface area (Å²) in [6.07, 6.45) is 1.78. The molecule has 1 aliphatic rings. The van der Waals surface area contributed by atoms with Gasteiger partial charge in [-0.25, -0.2) is 4.79 Å². The van der Waals surface area contributed by atoms with E-state index in [0.29, 0.717) is 11.4 Å². The van der Waals surface area contributed by atoms with E-state index >= 15 is 0 Å². The van der Waals surface area contributed by atoms with Gasteiger partial charge < -0.3 is 10.0 Å². The lowest BCUT2D eigenvalue weighted by Gasteiger charge is -2.25. The van der Waals surface area contributed by atoms with Crippen molar-refractivity contribution >= 4 is 28.9 Å². The first-order valence-corrected chi connectivity index (χ1v) is 5.55. The number of carboxylic acid groups (broad SMARTS) is 1. The molecule has 0 bridgehead atoms. The summed E-state index contributed by atoms with van der Waals surface area (Å²) in [5, 5.41) is 8.87. The van der Waals surface area contributed by atoms with Crippen LogP contribution in [0.1, 0.15) is 27.9 Å². The van der Waals surface area contributed by atoms with Gasteiger partial charge in [-0.2, -0.15) is 0 Å². The van der Waals surface area contributed by atoms with E-state index in [-0.39, 0.29) is 5.91 Å². The van der Waals surface area contributed by atoms with Gasteiger partial charge in [-0.1, -0.05) is 0 Å². The fraction of sp³-hybridized carbons (Fsp3) is 0.400. The number of aryl methyl sites for hydroxylation is 1. The van der Waals surface area contributed by atoms with E-state index in [1.165, 1.54) is 18.3 Å². The Labute approximate surface area is 91.1 Å². The number of nitrogens with zero attached hydrogens (tertiary/aromatic N) is 1. The van der Waals surface area contributed by atoms with Crippen molar-refractivity contribution in [3.63, 3.8) is 0 Å². The molecule has 2 rings (SSSR count). The number of carbonyl (C=O) groups is 2. The summed E-state index contributed by atoms with van der Waals surface area (Å²) in [7, 11) is 0. The highest BCUT2D eigenvalue weighted by molar-refractivity contribution is 7.14. The Bertz CT molecular complexity index is 424. The molecule has 1 aliphatic heterocycles. The van der Waals surface area contributed by atoms with Gasteiger partial charge in [0.05, 0.1) is 5.69 Å². The Morgan fingerprint density at radius 2 is 2.27 bits per heavy atom. The molecule has 2 heterocycles. The van der Waals surface area contributed by atoms with Crippen LogP contribution in [0.25, 0.3) is 0 Å². The number of hydrogen-bond donors (Lipinski definition) is 1. The predicted molar refractivity (Wildman–Crippen MR) is 57.6 cm³/mol. The second kappa shape index (κ2) is 3.66. The number of fused-ring (bicyclic) bond motifs is 1. The second-order valence-corrected chi connectivity index (χ2v) is 4.64. The van der Waals surface area contributed by atoms with Gasteiger partial charge in [0.2, 0.25) is 5.91 Å². The first-order valence-electron chi connectivity index (χ1n) is 4.73. The van der Waals surface area contributed by atoms with Crippen molar-refractivity contribution in [3.05, 3.63) is 15.8 Å². The lowest BCUT2D eigenvalue weighted by molar-refractivity contribution is -0.116. The van der Waals surface area contributed by atoms with Gasteiger partial charge in [0, 0.05) is 18.3 Å². The number of aromatic carboxylic acids is 1. The SMILES string of the molecule is CC(=O)N1CCCc2sc(C(=O)O)cc21. The summed E-state index contributed by atoms with van der Waals surface area (Å²) >= 11 is 1.27. The van der Waals surface area contributed by atoms with Crippen molar-refractivity contribution in [2.24, 2.45) is 0 Å². The maximum absolute atomic E-state index is 11.3. The molecule has 0 aromatic carbocycles. The largest absolute Gasteiger partial charge is 0.477 e. The number of carboxylic acids is 1. The zero-order valence-corrected chi connectivity index (χ0v) is 9.13. The van der Waals surface area contributed by atoms with E-state index in [0.717, 1.165) is 23.4 Å². The Morgan fingerprint density at radius 3 is 2.87 bits per heavy atom. The number of anilines is 1. The van der Waals surface area contributed by atoms with Crippen LogP contribution in [0.15, 0.2) is 6.07 Å². The van der Waals surface area contributed by atoms with Crippen LogP contribution in [0.2, 0.25) is 0 Å². The smallest absolute Gasteiger partial charge is 0.345 e. The molecular formula is C10H11NO3S. The normalized spacial score (nSPS) is 14.9. The summed E-state index contributed by atoms with van der Waals surface area (Å²) in [6, 6.07) is 1.60. The Balaban J connectivity index is 2.43. The Morgan fingerprint density at radius 1 is 1.53 bits per heavy atom. The summed E-state index contributed by atoms with van der Waals surface area (Å²) in [6.45, 7) is 2.20. The zero-order chi connectivity index (χ0) is 11.0. The topological polar surface area (TPSA) is 57.6 Å². The summed E-state index contributed by atoms with van der Waals surface area (Å²) in [5.74, 6) is -0.941. The molecule has 0 atom stereocenters. The van der Waals surface area contributed by atoms with Crippen molar-refractivity contribution < 1.29 is 14.7 Å². The van der Waals surface area contributed by atoms with E-state index in [1.54, 1.807) is 11.0 Å². The van der Waals surface area contributed by atoms with Crippen LogP contribution >= 0.6 is 11.3 Å². The van der Waals surface area contributed by atoms with Gasteiger partial charge >= 0.3 is 5.97 Å². The molecule has 0 radical (unpaired) electrons.